The van der Waals surface area contributed by atoms with Gasteiger partial charge in [0.05, 0.1) is 40.4 Å². The Labute approximate surface area is 203 Å². The lowest BCUT2D eigenvalue weighted by atomic mass is 10.1. The van der Waals surface area contributed by atoms with Crippen LogP contribution in [0.5, 0.6) is 0 Å². The highest BCUT2D eigenvalue weighted by Crippen LogP contribution is 2.31. The van der Waals surface area contributed by atoms with E-state index in [2.05, 4.69) is 15.3 Å². The highest BCUT2D eigenvalue weighted by atomic mass is 16.5. The van der Waals surface area contributed by atoms with Crippen LogP contribution in [-0.4, -0.2) is 34.4 Å². The fourth-order valence-corrected chi connectivity index (χ4v) is 3.56. The minimum atomic E-state index is -0.730. The molecule has 0 fully saturated rings. The first-order chi connectivity index (χ1) is 17.5. The van der Waals surface area contributed by atoms with Crippen molar-refractivity contribution < 1.29 is 28.0 Å². The SMILES string of the molecule is NC(=O)c1ccccc1NC(=O)COC(=O)c1ccc2nc(-c3ccco3)c(-c3ccco3)nc2c1. The Bertz CT molecular complexity index is 1580. The van der Waals surface area contributed by atoms with Gasteiger partial charge < -0.3 is 24.6 Å². The first kappa shape index (κ1) is 22.5. The second kappa shape index (κ2) is 9.55. The summed E-state index contributed by atoms with van der Waals surface area (Å²) in [4.78, 5) is 45.7. The lowest BCUT2D eigenvalue weighted by molar-refractivity contribution is -0.119. The fraction of sp³-hybridized carbons (Fsp3) is 0.0385. The van der Waals surface area contributed by atoms with Crippen LogP contribution >= 0.6 is 0 Å². The average molecular weight is 482 g/mol. The Morgan fingerprint density at radius 1 is 0.833 bits per heavy atom. The molecular formula is C26H18N4O6. The van der Waals surface area contributed by atoms with E-state index in [1.807, 2.05) is 0 Å². The second-order valence-electron chi connectivity index (χ2n) is 7.61. The molecule has 0 aliphatic rings. The predicted octanol–water partition coefficient (Wildman–Crippen LogP) is 4.04. The van der Waals surface area contributed by atoms with Gasteiger partial charge in [-0.3, -0.25) is 9.59 Å². The highest BCUT2D eigenvalue weighted by Gasteiger charge is 2.19. The number of para-hydroxylation sites is 1. The quantitative estimate of drug-likeness (QED) is 0.330. The third-order valence-corrected chi connectivity index (χ3v) is 5.21. The van der Waals surface area contributed by atoms with Gasteiger partial charge in [0.15, 0.2) is 18.1 Å². The van der Waals surface area contributed by atoms with Crippen molar-refractivity contribution in [3.05, 3.63) is 90.4 Å². The molecule has 0 aliphatic carbocycles. The number of nitrogens with two attached hydrogens (primary N) is 1. The van der Waals surface area contributed by atoms with Gasteiger partial charge in [0, 0.05) is 0 Å². The molecule has 10 nitrogen and oxygen atoms in total. The van der Waals surface area contributed by atoms with E-state index < -0.39 is 24.4 Å². The zero-order valence-corrected chi connectivity index (χ0v) is 18.6. The lowest BCUT2D eigenvalue weighted by Gasteiger charge is -2.10. The van der Waals surface area contributed by atoms with Crippen LogP contribution in [0.1, 0.15) is 20.7 Å². The summed E-state index contributed by atoms with van der Waals surface area (Å²) in [5.41, 5.74) is 7.75. The molecule has 0 spiro atoms. The monoisotopic (exact) mass is 482 g/mol. The molecule has 0 atom stereocenters. The number of fused-ring (bicyclic) bond motifs is 1. The molecule has 3 aromatic heterocycles. The van der Waals surface area contributed by atoms with Gasteiger partial charge in [-0.1, -0.05) is 12.1 Å². The minimum absolute atomic E-state index is 0.145. The summed E-state index contributed by atoms with van der Waals surface area (Å²) in [6, 6.07) is 17.9. The molecule has 10 heteroatoms. The molecule has 36 heavy (non-hydrogen) atoms. The number of furan rings is 2. The van der Waals surface area contributed by atoms with Gasteiger partial charge in [-0.05, 0) is 54.6 Å². The standard InChI is InChI=1S/C26H18N4O6/c27-25(32)16-5-1-2-6-17(16)28-22(31)14-36-26(33)15-9-10-18-19(13-15)30-24(21-8-4-12-35-21)23(29-18)20-7-3-11-34-20/h1-13H,14H2,(H2,27,32)(H,28,31). The number of hydrogen-bond acceptors (Lipinski definition) is 8. The number of carbonyl (C=O) groups excluding carboxylic acids is 3. The lowest BCUT2D eigenvalue weighted by Crippen LogP contribution is -2.23. The maximum atomic E-state index is 12.6. The molecule has 5 aromatic rings. The van der Waals surface area contributed by atoms with Crippen LogP contribution in [0, 0.1) is 0 Å². The van der Waals surface area contributed by atoms with E-state index in [9.17, 15) is 14.4 Å². The third-order valence-electron chi connectivity index (χ3n) is 5.21. The number of rotatable bonds is 7. The number of benzene rings is 2. The largest absolute Gasteiger partial charge is 0.463 e. The van der Waals surface area contributed by atoms with Crippen molar-refractivity contribution in [1.82, 2.24) is 9.97 Å². The smallest absolute Gasteiger partial charge is 0.338 e. The first-order valence-corrected chi connectivity index (χ1v) is 10.7. The average Bonchev–Trinajstić information content (AvgIpc) is 3.61. The normalized spacial score (nSPS) is 10.8. The zero-order valence-electron chi connectivity index (χ0n) is 18.6. The van der Waals surface area contributed by atoms with Gasteiger partial charge in [0.2, 0.25) is 0 Å². The number of ether oxygens (including phenoxy) is 1. The zero-order chi connectivity index (χ0) is 25.1. The molecule has 2 amide bonds. The van der Waals surface area contributed by atoms with Crippen molar-refractivity contribution in [3.8, 4) is 22.9 Å². The van der Waals surface area contributed by atoms with Gasteiger partial charge in [-0.15, -0.1) is 0 Å². The molecule has 0 saturated heterocycles. The van der Waals surface area contributed by atoms with E-state index >= 15 is 0 Å². The van der Waals surface area contributed by atoms with E-state index in [0.29, 0.717) is 33.9 Å². The van der Waals surface area contributed by atoms with Crippen molar-refractivity contribution in [1.29, 1.82) is 0 Å². The van der Waals surface area contributed by atoms with Gasteiger partial charge in [0.25, 0.3) is 11.8 Å². The number of carbonyl (C=O) groups is 3. The summed E-state index contributed by atoms with van der Waals surface area (Å²) < 4.78 is 16.2. The Morgan fingerprint density at radius 3 is 2.14 bits per heavy atom. The molecule has 0 bridgehead atoms. The van der Waals surface area contributed by atoms with Gasteiger partial charge in [-0.2, -0.15) is 0 Å². The summed E-state index contributed by atoms with van der Waals surface area (Å²) in [6.45, 7) is -0.565. The second-order valence-corrected chi connectivity index (χ2v) is 7.61. The van der Waals surface area contributed by atoms with Crippen molar-refractivity contribution in [2.75, 3.05) is 11.9 Å². The van der Waals surface area contributed by atoms with E-state index in [1.165, 1.54) is 36.8 Å². The van der Waals surface area contributed by atoms with E-state index in [4.69, 9.17) is 19.3 Å². The van der Waals surface area contributed by atoms with Crippen molar-refractivity contribution in [2.24, 2.45) is 5.73 Å². The summed E-state index contributed by atoms with van der Waals surface area (Å²) >= 11 is 0. The number of nitrogens with one attached hydrogen (secondary N) is 1. The molecule has 0 aliphatic heterocycles. The number of esters is 1. The van der Waals surface area contributed by atoms with Crippen LogP contribution in [0.3, 0.4) is 0 Å². The van der Waals surface area contributed by atoms with E-state index in [0.717, 1.165) is 0 Å². The maximum Gasteiger partial charge on any atom is 0.338 e. The van der Waals surface area contributed by atoms with Crippen molar-refractivity contribution in [3.63, 3.8) is 0 Å². The summed E-state index contributed by atoms with van der Waals surface area (Å²) in [7, 11) is 0. The molecule has 0 saturated carbocycles. The van der Waals surface area contributed by atoms with Gasteiger partial charge in [0.1, 0.15) is 11.4 Å². The molecule has 3 heterocycles. The molecule has 2 aromatic carbocycles. The maximum absolute atomic E-state index is 12.6. The topological polar surface area (TPSA) is 151 Å². The number of primary amides is 1. The Morgan fingerprint density at radius 2 is 1.50 bits per heavy atom. The fourth-order valence-electron chi connectivity index (χ4n) is 3.56. The highest BCUT2D eigenvalue weighted by molar-refractivity contribution is 6.04. The van der Waals surface area contributed by atoms with Gasteiger partial charge in [-0.25, -0.2) is 14.8 Å². The molecular weight excluding hydrogens is 464 g/mol. The van der Waals surface area contributed by atoms with Crippen LogP contribution < -0.4 is 11.1 Å². The number of nitrogens with zero attached hydrogens (tertiary/aromatic N) is 2. The van der Waals surface area contributed by atoms with Gasteiger partial charge >= 0.3 is 5.97 Å². The number of amides is 2. The van der Waals surface area contributed by atoms with Crippen LogP contribution in [0.2, 0.25) is 0 Å². The summed E-state index contributed by atoms with van der Waals surface area (Å²) in [6.07, 6.45) is 3.06. The summed E-state index contributed by atoms with van der Waals surface area (Å²) in [5, 5.41) is 2.51. The molecule has 0 radical (unpaired) electrons. The minimum Gasteiger partial charge on any atom is -0.463 e. The Kier molecular flexibility index (Phi) is 5.98. The first-order valence-electron chi connectivity index (χ1n) is 10.7. The molecule has 0 unspecified atom stereocenters. The van der Waals surface area contributed by atoms with E-state index in [1.54, 1.807) is 42.5 Å². The van der Waals surface area contributed by atoms with Crippen LogP contribution in [0.15, 0.2) is 88.1 Å². The summed E-state index contributed by atoms with van der Waals surface area (Å²) in [5.74, 6) is -1.04. The number of anilines is 1. The molecule has 3 N–H and O–H groups in total. The number of hydrogen-bond donors (Lipinski definition) is 2. The van der Waals surface area contributed by atoms with Crippen LogP contribution in [-0.2, 0) is 9.53 Å². The Balaban J connectivity index is 1.36. The molecule has 178 valence electrons. The third kappa shape index (κ3) is 4.55. The Hall–Kier alpha value is -5.25. The van der Waals surface area contributed by atoms with Crippen LogP contribution in [0.25, 0.3) is 33.9 Å². The van der Waals surface area contributed by atoms with Crippen LogP contribution in [0.4, 0.5) is 5.69 Å². The van der Waals surface area contributed by atoms with E-state index in [-0.39, 0.29) is 16.8 Å². The van der Waals surface area contributed by atoms with Crippen molar-refractivity contribution >= 4 is 34.5 Å². The predicted molar refractivity (Wildman–Crippen MR) is 129 cm³/mol. The number of aromatic nitrogens is 2. The molecule has 5 rings (SSSR count). The van der Waals surface area contributed by atoms with Crippen molar-refractivity contribution in [2.45, 2.75) is 0 Å².